The maximum absolute atomic E-state index is 8.57. The van der Waals surface area contributed by atoms with Crippen LogP contribution in [-0.2, 0) is 9.47 Å². The van der Waals surface area contributed by atoms with E-state index in [2.05, 4.69) is 4.74 Å². The van der Waals surface area contributed by atoms with E-state index < -0.39 is 0 Å². The maximum atomic E-state index is 8.57. The van der Waals surface area contributed by atoms with Gasteiger partial charge in [-0.25, -0.2) is 0 Å². The molecule has 0 spiro atoms. The molecule has 0 aliphatic carbocycles. The summed E-state index contributed by atoms with van der Waals surface area (Å²) in [5, 5.41) is 8.57. The van der Waals surface area contributed by atoms with E-state index >= 15 is 0 Å². The fourth-order valence-corrected chi connectivity index (χ4v) is 0.464. The Hall–Kier alpha value is -0.120. The molecule has 9 heavy (non-hydrogen) atoms. The summed E-state index contributed by atoms with van der Waals surface area (Å²) in [7, 11) is 1.56. The molecule has 0 amide bonds. The molecule has 0 radical (unpaired) electrons. The van der Waals surface area contributed by atoms with E-state index in [0.717, 1.165) is 6.42 Å². The molecule has 0 rings (SSSR count). The van der Waals surface area contributed by atoms with Gasteiger partial charge in [0.2, 0.25) is 0 Å². The van der Waals surface area contributed by atoms with Crippen molar-refractivity contribution in [1.29, 1.82) is 0 Å². The molecule has 1 atom stereocenters. The molecule has 3 nitrogen and oxygen atoms in total. The maximum Gasteiger partial charge on any atom is 0.146 e. The van der Waals surface area contributed by atoms with Gasteiger partial charge in [0.15, 0.2) is 0 Å². The second-order valence-electron chi connectivity index (χ2n) is 1.79. The lowest BCUT2D eigenvalue weighted by atomic mass is 10.3. The first-order chi connectivity index (χ1) is 4.35. The standard InChI is InChI=1S/C6H14O3/c1-3-6(4-7)9-5-8-2/h6-7H,3-5H2,1-2H3/t6-/m0/s1. The van der Waals surface area contributed by atoms with Gasteiger partial charge in [0, 0.05) is 7.11 Å². The molecule has 1 N–H and O–H groups in total. The van der Waals surface area contributed by atoms with E-state index in [1.165, 1.54) is 0 Å². The van der Waals surface area contributed by atoms with Crippen LogP contribution in [0, 0.1) is 0 Å². The Morgan fingerprint density at radius 1 is 1.56 bits per heavy atom. The van der Waals surface area contributed by atoms with Crippen molar-refractivity contribution in [3.8, 4) is 0 Å². The third-order valence-corrected chi connectivity index (χ3v) is 1.08. The van der Waals surface area contributed by atoms with E-state index in [1.54, 1.807) is 7.11 Å². The highest BCUT2D eigenvalue weighted by Gasteiger charge is 2.01. The zero-order valence-electron chi connectivity index (χ0n) is 5.96. The highest BCUT2D eigenvalue weighted by atomic mass is 16.7. The second-order valence-corrected chi connectivity index (χ2v) is 1.79. The van der Waals surface area contributed by atoms with Gasteiger partial charge >= 0.3 is 0 Å². The molecule has 0 saturated carbocycles. The van der Waals surface area contributed by atoms with Gasteiger partial charge in [0.1, 0.15) is 6.79 Å². The first-order valence-electron chi connectivity index (χ1n) is 3.06. The van der Waals surface area contributed by atoms with E-state index in [0.29, 0.717) is 0 Å². The number of methoxy groups -OCH3 is 1. The van der Waals surface area contributed by atoms with Crippen LogP contribution in [0.1, 0.15) is 13.3 Å². The van der Waals surface area contributed by atoms with Crippen LogP contribution in [0.4, 0.5) is 0 Å². The minimum Gasteiger partial charge on any atom is -0.394 e. The summed E-state index contributed by atoms with van der Waals surface area (Å²) in [4.78, 5) is 0. The Bertz CT molecular complexity index is 52.3. The highest BCUT2D eigenvalue weighted by molar-refractivity contribution is 4.48. The summed E-state index contributed by atoms with van der Waals surface area (Å²) in [6.07, 6.45) is 0.754. The average molecular weight is 134 g/mol. The van der Waals surface area contributed by atoms with E-state index in [1.807, 2.05) is 6.92 Å². The number of hydrogen-bond donors (Lipinski definition) is 1. The molecule has 0 aliphatic heterocycles. The zero-order valence-corrected chi connectivity index (χ0v) is 5.96. The van der Waals surface area contributed by atoms with Gasteiger partial charge in [-0.05, 0) is 6.42 Å². The van der Waals surface area contributed by atoms with Crippen molar-refractivity contribution in [3.05, 3.63) is 0 Å². The van der Waals surface area contributed by atoms with Crippen LogP contribution in [-0.4, -0.2) is 31.7 Å². The Balaban J connectivity index is 3.09. The topological polar surface area (TPSA) is 38.7 Å². The van der Waals surface area contributed by atoms with Gasteiger partial charge in [0.05, 0.1) is 12.7 Å². The summed E-state index contributed by atoms with van der Waals surface area (Å²) in [5.41, 5.74) is 0. The summed E-state index contributed by atoms with van der Waals surface area (Å²) in [6.45, 7) is 2.29. The zero-order chi connectivity index (χ0) is 7.11. The Morgan fingerprint density at radius 2 is 2.22 bits per heavy atom. The number of rotatable bonds is 5. The third-order valence-electron chi connectivity index (χ3n) is 1.08. The quantitative estimate of drug-likeness (QED) is 0.552. The van der Waals surface area contributed by atoms with E-state index in [9.17, 15) is 0 Å². The summed E-state index contributed by atoms with van der Waals surface area (Å²) in [6, 6.07) is 0. The Morgan fingerprint density at radius 3 is 2.56 bits per heavy atom. The molecule has 0 aliphatic rings. The molecule has 3 heteroatoms. The molecule has 0 bridgehead atoms. The number of aliphatic hydroxyl groups is 1. The average Bonchev–Trinajstić information content (AvgIpc) is 1.91. The molecule has 0 aromatic heterocycles. The Kier molecular flexibility index (Phi) is 5.93. The van der Waals surface area contributed by atoms with Crippen LogP contribution in [0.5, 0.6) is 0 Å². The van der Waals surface area contributed by atoms with E-state index in [-0.39, 0.29) is 19.5 Å². The van der Waals surface area contributed by atoms with Gasteiger partial charge in [0.25, 0.3) is 0 Å². The van der Waals surface area contributed by atoms with Gasteiger partial charge < -0.3 is 14.6 Å². The van der Waals surface area contributed by atoms with Crippen molar-refractivity contribution in [1.82, 2.24) is 0 Å². The van der Waals surface area contributed by atoms with Crippen molar-refractivity contribution in [2.24, 2.45) is 0 Å². The van der Waals surface area contributed by atoms with Crippen LogP contribution in [0.3, 0.4) is 0 Å². The number of ether oxygens (including phenoxy) is 2. The van der Waals surface area contributed by atoms with Crippen molar-refractivity contribution in [2.45, 2.75) is 19.4 Å². The minimum atomic E-state index is -0.0649. The van der Waals surface area contributed by atoms with Crippen molar-refractivity contribution in [2.75, 3.05) is 20.5 Å². The van der Waals surface area contributed by atoms with Gasteiger partial charge in [-0.3, -0.25) is 0 Å². The molecule has 56 valence electrons. The highest BCUT2D eigenvalue weighted by Crippen LogP contribution is 1.94. The number of hydrogen-bond acceptors (Lipinski definition) is 3. The van der Waals surface area contributed by atoms with Gasteiger partial charge in [-0.2, -0.15) is 0 Å². The Labute approximate surface area is 55.6 Å². The van der Waals surface area contributed by atoms with Crippen LogP contribution in [0.15, 0.2) is 0 Å². The molecule has 0 aromatic rings. The van der Waals surface area contributed by atoms with Crippen molar-refractivity contribution < 1.29 is 14.6 Å². The largest absolute Gasteiger partial charge is 0.394 e. The van der Waals surface area contributed by atoms with Gasteiger partial charge in [-0.1, -0.05) is 6.92 Å². The van der Waals surface area contributed by atoms with Crippen LogP contribution in [0.2, 0.25) is 0 Å². The predicted molar refractivity (Wildman–Crippen MR) is 34.1 cm³/mol. The normalized spacial score (nSPS) is 13.7. The predicted octanol–water partition coefficient (Wildman–Crippen LogP) is 0.378. The monoisotopic (exact) mass is 134 g/mol. The molecule has 0 saturated heterocycles. The molecule has 0 aromatic carbocycles. The first-order valence-corrected chi connectivity index (χ1v) is 3.06. The van der Waals surface area contributed by atoms with Crippen molar-refractivity contribution >= 4 is 0 Å². The molecule has 0 fully saturated rings. The first kappa shape index (κ1) is 8.88. The second kappa shape index (κ2) is 6.01. The molecular formula is C6H14O3. The fourth-order valence-electron chi connectivity index (χ4n) is 0.464. The van der Waals surface area contributed by atoms with Gasteiger partial charge in [-0.15, -0.1) is 0 Å². The summed E-state index contributed by atoms with van der Waals surface area (Å²) >= 11 is 0. The molecular weight excluding hydrogens is 120 g/mol. The fraction of sp³-hybridized carbons (Fsp3) is 1.00. The van der Waals surface area contributed by atoms with Crippen molar-refractivity contribution in [3.63, 3.8) is 0 Å². The summed E-state index contributed by atoms with van der Waals surface area (Å²) < 4.78 is 9.66. The molecule has 0 heterocycles. The van der Waals surface area contributed by atoms with Crippen LogP contribution >= 0.6 is 0 Å². The lowest BCUT2D eigenvalue weighted by molar-refractivity contribution is -0.0876. The summed E-state index contributed by atoms with van der Waals surface area (Å²) in [5.74, 6) is 0. The minimum absolute atomic E-state index is 0.0649. The third kappa shape index (κ3) is 4.39. The smallest absolute Gasteiger partial charge is 0.146 e. The SMILES string of the molecule is CC[C@@H](CO)OCOC. The van der Waals surface area contributed by atoms with E-state index in [4.69, 9.17) is 9.84 Å². The molecule has 0 unspecified atom stereocenters. The lowest BCUT2D eigenvalue weighted by Gasteiger charge is -2.10. The van der Waals surface area contributed by atoms with Crippen LogP contribution < -0.4 is 0 Å². The number of aliphatic hydroxyl groups excluding tert-OH is 1. The van der Waals surface area contributed by atoms with Crippen LogP contribution in [0.25, 0.3) is 0 Å². The lowest BCUT2D eigenvalue weighted by Crippen LogP contribution is -2.17.